The van der Waals surface area contributed by atoms with Gasteiger partial charge < -0.3 is 19.6 Å². The second-order valence-corrected chi connectivity index (χ2v) is 7.85. The van der Waals surface area contributed by atoms with E-state index in [0.717, 1.165) is 25.7 Å². The normalized spacial score (nSPS) is 13.5. The summed E-state index contributed by atoms with van der Waals surface area (Å²) in [7, 11) is 0. The number of hydrogen-bond donors (Lipinski definition) is 1. The van der Waals surface area contributed by atoms with Crippen molar-refractivity contribution in [2.75, 3.05) is 19.8 Å². The van der Waals surface area contributed by atoms with Crippen molar-refractivity contribution < 1.29 is 14.3 Å². The smallest absolute Gasteiger partial charge is 0.122 e. The minimum absolute atomic E-state index is 0.142. The minimum atomic E-state index is -0.247. The Morgan fingerprint density at radius 1 is 0.857 bits per heavy atom. The van der Waals surface area contributed by atoms with Crippen LogP contribution in [0.2, 0.25) is 0 Å². The predicted molar refractivity (Wildman–Crippen MR) is 87.7 cm³/mol. The van der Waals surface area contributed by atoms with Crippen LogP contribution in [0.1, 0.15) is 67.7 Å². The molecule has 21 heavy (non-hydrogen) atoms. The standard InChI is InChI=1S/C17H35NO3/c1-15(2,3)18-11-9-16(4,5)21-14-10-17(6,7)20-13-8-12-19/h12,18H,8-11,13-14H2,1-7H3. The maximum atomic E-state index is 10.3. The zero-order chi connectivity index (χ0) is 16.6. The molecule has 0 radical (unpaired) electrons. The van der Waals surface area contributed by atoms with E-state index < -0.39 is 0 Å². The molecule has 1 N–H and O–H groups in total. The lowest BCUT2D eigenvalue weighted by Gasteiger charge is -2.31. The number of rotatable bonds is 11. The first-order chi connectivity index (χ1) is 9.47. The van der Waals surface area contributed by atoms with Gasteiger partial charge in [-0.2, -0.15) is 0 Å². The van der Waals surface area contributed by atoms with Gasteiger partial charge in [-0.25, -0.2) is 0 Å². The van der Waals surface area contributed by atoms with E-state index in [9.17, 15) is 4.79 Å². The summed E-state index contributed by atoms with van der Waals surface area (Å²) in [5.41, 5.74) is -0.246. The van der Waals surface area contributed by atoms with Crippen LogP contribution in [0.4, 0.5) is 0 Å². The van der Waals surface area contributed by atoms with Crippen molar-refractivity contribution >= 4 is 6.29 Å². The van der Waals surface area contributed by atoms with Crippen molar-refractivity contribution in [1.29, 1.82) is 0 Å². The van der Waals surface area contributed by atoms with Gasteiger partial charge in [-0.1, -0.05) is 0 Å². The second-order valence-electron chi connectivity index (χ2n) is 7.85. The average Bonchev–Trinajstić information content (AvgIpc) is 2.26. The van der Waals surface area contributed by atoms with Gasteiger partial charge in [0.1, 0.15) is 6.29 Å². The summed E-state index contributed by atoms with van der Waals surface area (Å²) in [6.45, 7) is 16.9. The molecule has 0 rings (SSSR count). The molecule has 4 heteroatoms. The minimum Gasteiger partial charge on any atom is -0.375 e. The molecule has 0 aromatic carbocycles. The lowest BCUT2D eigenvalue weighted by Crippen LogP contribution is -2.40. The molecule has 4 nitrogen and oxygen atoms in total. The molecule has 0 spiro atoms. The number of ether oxygens (including phenoxy) is 2. The zero-order valence-electron chi connectivity index (χ0n) is 15.0. The van der Waals surface area contributed by atoms with Crippen LogP contribution in [0.15, 0.2) is 0 Å². The largest absolute Gasteiger partial charge is 0.375 e. The number of carbonyl (C=O) groups excluding carboxylic acids is 1. The van der Waals surface area contributed by atoms with Crippen LogP contribution in [0.5, 0.6) is 0 Å². The average molecular weight is 301 g/mol. The van der Waals surface area contributed by atoms with Gasteiger partial charge in [0, 0.05) is 12.0 Å². The lowest BCUT2D eigenvalue weighted by atomic mass is 10.0. The molecule has 0 aromatic heterocycles. The monoisotopic (exact) mass is 301 g/mol. The summed E-state index contributed by atoms with van der Waals surface area (Å²) in [4.78, 5) is 10.3. The Hall–Kier alpha value is -0.450. The van der Waals surface area contributed by atoms with Crippen LogP contribution >= 0.6 is 0 Å². The van der Waals surface area contributed by atoms with Gasteiger partial charge in [0.25, 0.3) is 0 Å². The summed E-state index contributed by atoms with van der Waals surface area (Å²) in [5.74, 6) is 0. The van der Waals surface area contributed by atoms with E-state index >= 15 is 0 Å². The van der Waals surface area contributed by atoms with Gasteiger partial charge in [-0.15, -0.1) is 0 Å². The molecule has 0 aliphatic heterocycles. The van der Waals surface area contributed by atoms with E-state index in [0.29, 0.717) is 19.6 Å². The van der Waals surface area contributed by atoms with Crippen molar-refractivity contribution in [2.24, 2.45) is 0 Å². The summed E-state index contributed by atoms with van der Waals surface area (Å²) in [6, 6.07) is 0. The van der Waals surface area contributed by atoms with Crippen LogP contribution in [-0.4, -0.2) is 42.8 Å². The topological polar surface area (TPSA) is 47.6 Å². The molecule has 0 aliphatic rings. The van der Waals surface area contributed by atoms with Gasteiger partial charge in [0.2, 0.25) is 0 Å². The fourth-order valence-electron chi connectivity index (χ4n) is 1.84. The van der Waals surface area contributed by atoms with Crippen molar-refractivity contribution in [3.8, 4) is 0 Å². The molecular weight excluding hydrogens is 266 g/mol. The molecule has 0 bridgehead atoms. The van der Waals surface area contributed by atoms with Crippen LogP contribution in [0.3, 0.4) is 0 Å². The quantitative estimate of drug-likeness (QED) is 0.470. The van der Waals surface area contributed by atoms with Gasteiger partial charge in [0.05, 0.1) is 24.4 Å². The van der Waals surface area contributed by atoms with E-state index in [-0.39, 0.29) is 16.7 Å². The highest BCUT2D eigenvalue weighted by Gasteiger charge is 2.23. The van der Waals surface area contributed by atoms with Crippen LogP contribution < -0.4 is 5.32 Å². The molecule has 0 aliphatic carbocycles. The fraction of sp³-hybridized carbons (Fsp3) is 0.941. The SMILES string of the molecule is CC(C)(C)NCCC(C)(C)OCCC(C)(C)OCCC=O. The molecule has 0 unspecified atom stereocenters. The predicted octanol–water partition coefficient (Wildman–Crippen LogP) is 3.33. The van der Waals surface area contributed by atoms with Crippen molar-refractivity contribution in [1.82, 2.24) is 5.32 Å². The molecule has 126 valence electrons. The Kier molecular flexibility index (Phi) is 8.67. The highest BCUT2D eigenvalue weighted by Crippen LogP contribution is 2.19. The summed E-state index contributed by atoms with van der Waals surface area (Å²) < 4.78 is 11.7. The maximum absolute atomic E-state index is 10.3. The highest BCUT2D eigenvalue weighted by atomic mass is 16.5. The summed E-state index contributed by atoms with van der Waals surface area (Å²) in [5, 5.41) is 3.48. The van der Waals surface area contributed by atoms with Gasteiger partial charge in [-0.05, 0) is 67.9 Å². The third-order valence-electron chi connectivity index (χ3n) is 3.31. The van der Waals surface area contributed by atoms with Crippen molar-refractivity contribution in [2.45, 2.75) is 84.5 Å². The third kappa shape index (κ3) is 13.0. The first-order valence-corrected chi connectivity index (χ1v) is 7.94. The van der Waals surface area contributed by atoms with E-state index in [2.05, 4.69) is 39.9 Å². The van der Waals surface area contributed by atoms with Gasteiger partial charge in [-0.3, -0.25) is 0 Å². The molecule has 0 amide bonds. The van der Waals surface area contributed by atoms with Crippen molar-refractivity contribution in [3.05, 3.63) is 0 Å². The Labute approximate surface area is 131 Å². The number of nitrogens with one attached hydrogen (secondary N) is 1. The Morgan fingerprint density at radius 2 is 1.38 bits per heavy atom. The molecule has 0 saturated carbocycles. The highest BCUT2D eigenvalue weighted by molar-refractivity contribution is 5.49. The van der Waals surface area contributed by atoms with Crippen molar-refractivity contribution in [3.63, 3.8) is 0 Å². The Balaban J connectivity index is 3.93. The first-order valence-electron chi connectivity index (χ1n) is 7.94. The molecular formula is C17H35NO3. The molecule has 0 saturated heterocycles. The van der Waals surface area contributed by atoms with Gasteiger partial charge in [0.15, 0.2) is 0 Å². The number of aldehydes is 1. The van der Waals surface area contributed by atoms with Crippen LogP contribution in [0.25, 0.3) is 0 Å². The molecule has 0 aromatic rings. The second kappa shape index (κ2) is 8.86. The summed E-state index contributed by atoms with van der Waals surface area (Å²) in [6.07, 6.45) is 3.13. The fourth-order valence-corrected chi connectivity index (χ4v) is 1.84. The molecule has 0 heterocycles. The van der Waals surface area contributed by atoms with E-state index in [1.165, 1.54) is 0 Å². The van der Waals surface area contributed by atoms with Gasteiger partial charge >= 0.3 is 0 Å². The Bertz CT molecular complexity index is 293. The number of carbonyl (C=O) groups is 1. The zero-order valence-corrected chi connectivity index (χ0v) is 15.0. The first kappa shape index (κ1) is 20.6. The number of hydrogen-bond acceptors (Lipinski definition) is 4. The summed E-state index contributed by atoms with van der Waals surface area (Å²) >= 11 is 0. The molecule has 0 fully saturated rings. The van der Waals surface area contributed by atoms with E-state index in [4.69, 9.17) is 9.47 Å². The van der Waals surface area contributed by atoms with Crippen LogP contribution in [-0.2, 0) is 14.3 Å². The van der Waals surface area contributed by atoms with E-state index in [1.54, 1.807) is 0 Å². The third-order valence-corrected chi connectivity index (χ3v) is 3.31. The Morgan fingerprint density at radius 3 is 1.90 bits per heavy atom. The molecule has 0 atom stereocenters. The lowest BCUT2D eigenvalue weighted by molar-refractivity contribution is -0.111. The van der Waals surface area contributed by atoms with E-state index in [1.807, 2.05) is 13.8 Å². The van der Waals surface area contributed by atoms with Crippen LogP contribution in [0, 0.1) is 0 Å². The maximum Gasteiger partial charge on any atom is 0.122 e.